The molecule has 0 bridgehead atoms. The first-order valence-corrected chi connectivity index (χ1v) is 9.09. The van der Waals surface area contributed by atoms with Crippen LogP contribution in [0.25, 0.3) is 0 Å². The fourth-order valence-corrected chi connectivity index (χ4v) is 3.79. The third-order valence-corrected chi connectivity index (χ3v) is 4.98. The Hall–Kier alpha value is -2.24. The highest BCUT2D eigenvalue weighted by Gasteiger charge is 2.47. The van der Waals surface area contributed by atoms with Crippen LogP contribution in [-0.2, 0) is 9.59 Å². The van der Waals surface area contributed by atoms with Crippen molar-refractivity contribution in [3.63, 3.8) is 0 Å². The lowest BCUT2D eigenvalue weighted by molar-refractivity contribution is -0.139. The molecule has 1 saturated heterocycles. The highest BCUT2D eigenvalue weighted by Crippen LogP contribution is 2.37. The van der Waals surface area contributed by atoms with Crippen molar-refractivity contribution < 1.29 is 14.4 Å². The van der Waals surface area contributed by atoms with Gasteiger partial charge in [-0.3, -0.25) is 28.8 Å². The molecule has 0 radical (unpaired) electrons. The molecule has 6 nitrogen and oxygen atoms in total. The molecule has 2 fully saturated rings. The number of rotatable bonds is 4. The molecule has 1 aromatic rings. The second kappa shape index (κ2) is 7.33. The lowest BCUT2D eigenvalue weighted by atomic mass is 9.81. The molecule has 0 aromatic carbocycles. The van der Waals surface area contributed by atoms with Gasteiger partial charge in [0.1, 0.15) is 5.49 Å². The number of aromatic nitrogens is 1. The van der Waals surface area contributed by atoms with Crippen molar-refractivity contribution in [3.05, 3.63) is 29.9 Å². The number of imide groups is 1. The predicted molar refractivity (Wildman–Crippen MR) is 92.5 cm³/mol. The highest BCUT2D eigenvalue weighted by atomic mass is 16.2. The van der Waals surface area contributed by atoms with Gasteiger partial charge in [0.05, 0.1) is 11.8 Å². The van der Waals surface area contributed by atoms with E-state index in [-0.39, 0.29) is 48.6 Å². The van der Waals surface area contributed by atoms with Crippen LogP contribution >= 0.6 is 0 Å². The van der Waals surface area contributed by atoms with Gasteiger partial charge in [-0.05, 0) is 38.8 Å². The van der Waals surface area contributed by atoms with E-state index in [1.165, 1.54) is 9.47 Å². The number of nitrogens with zero attached hydrogens (tertiary/aromatic N) is 3. The minimum Gasteiger partial charge on any atom is -0.282 e. The molecular weight excluding hydrogens is 318 g/mol. The summed E-state index contributed by atoms with van der Waals surface area (Å²) in [5.41, 5.74) is 0.593. The van der Waals surface area contributed by atoms with Crippen molar-refractivity contribution in [2.75, 3.05) is 6.54 Å². The minimum atomic E-state index is -0.160. The van der Waals surface area contributed by atoms with Crippen molar-refractivity contribution in [1.29, 1.82) is 0 Å². The third-order valence-electron chi connectivity index (χ3n) is 4.98. The number of hydrogen-bond donors (Lipinski definition) is 0. The molecule has 1 aliphatic heterocycles. The van der Waals surface area contributed by atoms with Gasteiger partial charge in [0, 0.05) is 25.2 Å². The van der Waals surface area contributed by atoms with Gasteiger partial charge >= 0.3 is 0 Å². The SMILES string of the molecule is CC(C)N=c1ccccn1C(=O)CCN1C(=O)C2CCCCC2C1=O. The number of carbonyl (C=O) groups excluding carboxylic acids is 3. The summed E-state index contributed by atoms with van der Waals surface area (Å²) in [5, 5.41) is 0. The Kier molecular flexibility index (Phi) is 5.16. The molecular formula is C19H25N3O3. The summed E-state index contributed by atoms with van der Waals surface area (Å²) in [6.45, 7) is 4.06. The van der Waals surface area contributed by atoms with E-state index in [9.17, 15) is 14.4 Å². The summed E-state index contributed by atoms with van der Waals surface area (Å²) in [4.78, 5) is 43.3. The van der Waals surface area contributed by atoms with Crippen LogP contribution in [0.15, 0.2) is 29.4 Å². The standard InChI is InChI=1S/C19H25N3O3/c1-13(2)20-16-9-5-6-11-21(16)17(23)10-12-22-18(24)14-7-3-4-8-15(14)19(22)25/h5-6,9,11,13-15H,3-4,7-8,10,12H2,1-2H3. The van der Waals surface area contributed by atoms with Gasteiger partial charge in [0.25, 0.3) is 0 Å². The fourth-order valence-electron chi connectivity index (χ4n) is 3.79. The Morgan fingerprint density at radius 2 is 1.80 bits per heavy atom. The smallest absolute Gasteiger partial charge is 0.234 e. The number of amides is 2. The third kappa shape index (κ3) is 3.57. The average molecular weight is 343 g/mol. The molecule has 1 saturated carbocycles. The topological polar surface area (TPSA) is 71.7 Å². The molecule has 1 aliphatic carbocycles. The number of hydrogen-bond acceptors (Lipinski definition) is 4. The van der Waals surface area contributed by atoms with Crippen LogP contribution in [0.3, 0.4) is 0 Å². The normalized spacial score (nSPS) is 24.1. The molecule has 1 aromatic heterocycles. The summed E-state index contributed by atoms with van der Waals surface area (Å²) in [6.07, 6.45) is 5.40. The second-order valence-electron chi connectivity index (χ2n) is 7.12. The fraction of sp³-hybridized carbons (Fsp3) is 0.579. The van der Waals surface area contributed by atoms with Crippen molar-refractivity contribution in [3.8, 4) is 0 Å². The Balaban J connectivity index is 1.71. The first-order chi connectivity index (χ1) is 12.0. The monoisotopic (exact) mass is 343 g/mol. The molecule has 6 heteroatoms. The molecule has 2 aliphatic rings. The van der Waals surface area contributed by atoms with Crippen LogP contribution in [0.4, 0.5) is 0 Å². The zero-order valence-electron chi connectivity index (χ0n) is 14.9. The maximum atomic E-state index is 12.6. The van der Waals surface area contributed by atoms with Gasteiger partial charge < -0.3 is 0 Å². The zero-order valence-corrected chi connectivity index (χ0v) is 14.9. The number of carbonyl (C=O) groups is 3. The van der Waals surface area contributed by atoms with E-state index in [0.29, 0.717) is 5.49 Å². The molecule has 3 rings (SSSR count). The minimum absolute atomic E-state index is 0.0753. The van der Waals surface area contributed by atoms with Crippen LogP contribution in [0.5, 0.6) is 0 Å². The first-order valence-electron chi connectivity index (χ1n) is 9.09. The zero-order chi connectivity index (χ0) is 18.0. The Bertz CT molecular complexity index is 726. The van der Waals surface area contributed by atoms with Crippen LogP contribution in [0, 0.1) is 11.8 Å². The molecule has 0 N–H and O–H groups in total. The van der Waals surface area contributed by atoms with E-state index in [4.69, 9.17) is 0 Å². The van der Waals surface area contributed by atoms with E-state index in [2.05, 4.69) is 4.99 Å². The van der Waals surface area contributed by atoms with E-state index < -0.39 is 0 Å². The summed E-state index contributed by atoms with van der Waals surface area (Å²) in [7, 11) is 0. The van der Waals surface area contributed by atoms with Gasteiger partial charge in [-0.15, -0.1) is 0 Å². The summed E-state index contributed by atoms with van der Waals surface area (Å²) < 4.78 is 1.50. The van der Waals surface area contributed by atoms with Crippen molar-refractivity contribution >= 4 is 17.7 Å². The Labute approximate surface area is 147 Å². The molecule has 2 unspecified atom stereocenters. The van der Waals surface area contributed by atoms with Gasteiger partial charge in [-0.25, -0.2) is 0 Å². The molecule has 2 atom stereocenters. The molecule has 25 heavy (non-hydrogen) atoms. The van der Waals surface area contributed by atoms with Crippen molar-refractivity contribution in [2.45, 2.75) is 52.0 Å². The van der Waals surface area contributed by atoms with Crippen LogP contribution in [-0.4, -0.2) is 39.8 Å². The van der Waals surface area contributed by atoms with Crippen molar-refractivity contribution in [2.24, 2.45) is 16.8 Å². The van der Waals surface area contributed by atoms with E-state index in [0.717, 1.165) is 25.7 Å². The lowest BCUT2D eigenvalue weighted by Gasteiger charge is -2.19. The number of pyridine rings is 1. The first kappa shape index (κ1) is 17.6. The molecule has 134 valence electrons. The van der Waals surface area contributed by atoms with Crippen LogP contribution < -0.4 is 5.49 Å². The molecule has 2 heterocycles. The van der Waals surface area contributed by atoms with E-state index in [1.807, 2.05) is 19.9 Å². The highest BCUT2D eigenvalue weighted by molar-refractivity contribution is 6.05. The van der Waals surface area contributed by atoms with E-state index in [1.54, 1.807) is 18.3 Å². The Morgan fingerprint density at radius 1 is 1.16 bits per heavy atom. The van der Waals surface area contributed by atoms with Gasteiger partial charge in [0.15, 0.2) is 0 Å². The molecule has 2 amide bonds. The Morgan fingerprint density at radius 3 is 2.40 bits per heavy atom. The quantitative estimate of drug-likeness (QED) is 0.785. The van der Waals surface area contributed by atoms with Gasteiger partial charge in [-0.2, -0.15) is 0 Å². The van der Waals surface area contributed by atoms with Crippen molar-refractivity contribution in [1.82, 2.24) is 9.47 Å². The summed E-state index contributed by atoms with van der Waals surface area (Å²) in [6, 6.07) is 5.48. The summed E-state index contributed by atoms with van der Waals surface area (Å²) >= 11 is 0. The maximum Gasteiger partial charge on any atom is 0.234 e. The van der Waals surface area contributed by atoms with Gasteiger partial charge in [-0.1, -0.05) is 18.9 Å². The summed E-state index contributed by atoms with van der Waals surface area (Å²) in [5.74, 6) is -0.657. The van der Waals surface area contributed by atoms with E-state index >= 15 is 0 Å². The van der Waals surface area contributed by atoms with Gasteiger partial charge in [0.2, 0.25) is 17.7 Å². The lowest BCUT2D eigenvalue weighted by Crippen LogP contribution is -2.35. The second-order valence-corrected chi connectivity index (χ2v) is 7.12. The maximum absolute atomic E-state index is 12.6. The number of likely N-dealkylation sites (tertiary alicyclic amines) is 1. The van der Waals surface area contributed by atoms with Crippen LogP contribution in [0.2, 0.25) is 0 Å². The molecule has 0 spiro atoms. The number of fused-ring (bicyclic) bond motifs is 1. The largest absolute Gasteiger partial charge is 0.282 e. The average Bonchev–Trinajstić information content (AvgIpc) is 2.84. The van der Waals surface area contributed by atoms with Crippen LogP contribution in [0.1, 0.15) is 50.7 Å². The predicted octanol–water partition coefficient (Wildman–Crippen LogP) is 2.00.